The van der Waals surface area contributed by atoms with Crippen LogP contribution in [0.4, 0.5) is 0 Å². The van der Waals surface area contributed by atoms with Crippen LogP contribution in [0, 0.1) is 13.8 Å². The van der Waals surface area contributed by atoms with Crippen LogP contribution in [0.2, 0.25) is 0 Å². The summed E-state index contributed by atoms with van der Waals surface area (Å²) in [5.74, 6) is 2.51. The zero-order valence-corrected chi connectivity index (χ0v) is 18.4. The van der Waals surface area contributed by atoms with Crippen LogP contribution in [-0.2, 0) is 24.9 Å². The van der Waals surface area contributed by atoms with Crippen molar-refractivity contribution in [3.8, 4) is 0 Å². The maximum absolute atomic E-state index is 5.08. The van der Waals surface area contributed by atoms with Gasteiger partial charge in [-0.2, -0.15) is 0 Å². The van der Waals surface area contributed by atoms with E-state index in [1.165, 1.54) is 9.75 Å². The number of guanidine groups is 1. The molecule has 0 aliphatic carbocycles. The van der Waals surface area contributed by atoms with Gasteiger partial charge in [0, 0.05) is 37.1 Å². The van der Waals surface area contributed by atoms with Gasteiger partial charge in [-0.25, -0.2) is 4.99 Å². The average Bonchev–Trinajstić information content (AvgIpc) is 3.13. The lowest BCUT2D eigenvalue weighted by Gasteiger charge is -2.12. The fraction of sp³-hybridized carbons (Fsp3) is 0.562. The molecule has 0 amide bonds. The Morgan fingerprint density at radius 2 is 2.08 bits per heavy atom. The largest absolute Gasteiger partial charge is 0.385 e. The standard InChI is InChI=1S/C16H26N6OS.HI/c1-12-6-7-14(24-12)10-18-16(17-8-5-9-23-4)19-11-15-21-20-13(2)22(15)3;/h6-7H,5,8-11H2,1-4H3,(H2,17,18,19);1H. The molecular formula is C16H27IN6OS. The van der Waals surface area contributed by atoms with Gasteiger partial charge in [0.1, 0.15) is 12.4 Å². The molecule has 2 aromatic heterocycles. The molecule has 0 unspecified atom stereocenters. The normalized spacial score (nSPS) is 11.3. The van der Waals surface area contributed by atoms with Crippen molar-refractivity contribution in [1.29, 1.82) is 0 Å². The lowest BCUT2D eigenvalue weighted by molar-refractivity contribution is 0.195. The molecule has 2 aromatic rings. The number of methoxy groups -OCH3 is 1. The summed E-state index contributed by atoms with van der Waals surface area (Å²) in [6, 6.07) is 4.27. The molecule has 0 bridgehead atoms. The molecular weight excluding hydrogens is 451 g/mol. The molecule has 0 saturated carbocycles. The molecule has 25 heavy (non-hydrogen) atoms. The highest BCUT2D eigenvalue weighted by atomic mass is 127. The lowest BCUT2D eigenvalue weighted by atomic mass is 10.4. The second kappa shape index (κ2) is 11.4. The van der Waals surface area contributed by atoms with Gasteiger partial charge in [-0.1, -0.05) is 0 Å². The van der Waals surface area contributed by atoms with Gasteiger partial charge < -0.3 is 19.9 Å². The first-order valence-corrected chi connectivity index (χ1v) is 8.83. The number of ether oxygens (including phenoxy) is 1. The second-order valence-corrected chi connectivity index (χ2v) is 6.90. The molecule has 0 aromatic carbocycles. The van der Waals surface area contributed by atoms with Crippen LogP contribution in [0.5, 0.6) is 0 Å². The quantitative estimate of drug-likeness (QED) is 0.264. The SMILES string of the molecule is COCCCNC(=NCc1nnc(C)n1C)NCc1ccc(C)s1.I. The van der Waals surface area contributed by atoms with E-state index in [0.29, 0.717) is 6.54 Å². The Bertz CT molecular complexity index is 669. The van der Waals surface area contributed by atoms with Gasteiger partial charge >= 0.3 is 0 Å². The van der Waals surface area contributed by atoms with E-state index in [1.807, 2.05) is 18.5 Å². The van der Waals surface area contributed by atoms with E-state index in [2.05, 4.69) is 44.9 Å². The van der Waals surface area contributed by atoms with Gasteiger partial charge in [-0.05, 0) is 32.4 Å². The minimum Gasteiger partial charge on any atom is -0.385 e. The fourth-order valence-corrected chi connectivity index (χ4v) is 2.92. The topological polar surface area (TPSA) is 76.4 Å². The maximum Gasteiger partial charge on any atom is 0.192 e. The third-order valence-corrected chi connectivity index (χ3v) is 4.61. The third kappa shape index (κ3) is 7.28. The van der Waals surface area contributed by atoms with E-state index < -0.39 is 0 Å². The van der Waals surface area contributed by atoms with Crippen LogP contribution in [-0.4, -0.2) is 41.0 Å². The monoisotopic (exact) mass is 478 g/mol. The predicted octanol–water partition coefficient (Wildman–Crippen LogP) is 2.38. The Kier molecular flexibility index (Phi) is 9.98. The maximum atomic E-state index is 5.08. The van der Waals surface area contributed by atoms with Gasteiger partial charge in [0.25, 0.3) is 0 Å². The van der Waals surface area contributed by atoms with E-state index in [0.717, 1.165) is 43.7 Å². The molecule has 9 heteroatoms. The number of aryl methyl sites for hydroxylation is 2. The minimum absolute atomic E-state index is 0. The number of aliphatic imine (C=N–C) groups is 1. The van der Waals surface area contributed by atoms with Crippen molar-refractivity contribution in [2.24, 2.45) is 12.0 Å². The molecule has 2 rings (SSSR count). The Hall–Kier alpha value is -1.20. The highest BCUT2D eigenvalue weighted by molar-refractivity contribution is 14.0. The molecule has 0 atom stereocenters. The van der Waals surface area contributed by atoms with Gasteiger partial charge in [0.05, 0.1) is 6.54 Å². The summed E-state index contributed by atoms with van der Waals surface area (Å²) < 4.78 is 7.04. The minimum atomic E-state index is 0. The summed E-state index contributed by atoms with van der Waals surface area (Å²) in [5, 5.41) is 14.9. The van der Waals surface area contributed by atoms with E-state index in [4.69, 9.17) is 4.74 Å². The molecule has 0 aliphatic rings. The summed E-state index contributed by atoms with van der Waals surface area (Å²) in [6.07, 6.45) is 0.929. The molecule has 7 nitrogen and oxygen atoms in total. The zero-order chi connectivity index (χ0) is 17.4. The molecule has 2 N–H and O–H groups in total. The van der Waals surface area contributed by atoms with Crippen LogP contribution >= 0.6 is 35.3 Å². The summed E-state index contributed by atoms with van der Waals surface area (Å²) in [4.78, 5) is 7.22. The number of halogens is 1. The number of rotatable bonds is 8. The number of nitrogens with zero attached hydrogens (tertiary/aromatic N) is 4. The first-order chi connectivity index (χ1) is 11.6. The molecule has 140 valence electrons. The van der Waals surface area contributed by atoms with Crippen molar-refractivity contribution in [2.45, 2.75) is 33.4 Å². The van der Waals surface area contributed by atoms with E-state index >= 15 is 0 Å². The molecule has 0 saturated heterocycles. The molecule has 0 spiro atoms. The summed E-state index contributed by atoms with van der Waals surface area (Å²) >= 11 is 1.79. The number of aromatic nitrogens is 3. The molecule has 2 heterocycles. The first kappa shape index (κ1) is 21.8. The van der Waals surface area contributed by atoms with Crippen LogP contribution in [0.3, 0.4) is 0 Å². The summed E-state index contributed by atoms with van der Waals surface area (Å²) in [5.41, 5.74) is 0. The van der Waals surface area contributed by atoms with Crippen molar-refractivity contribution >= 4 is 41.3 Å². The van der Waals surface area contributed by atoms with Crippen molar-refractivity contribution in [3.63, 3.8) is 0 Å². The fourth-order valence-electron chi connectivity index (χ4n) is 2.09. The summed E-state index contributed by atoms with van der Waals surface area (Å²) in [7, 11) is 3.66. The Balaban J connectivity index is 0.00000312. The van der Waals surface area contributed by atoms with Crippen molar-refractivity contribution in [1.82, 2.24) is 25.4 Å². The molecule has 0 aliphatic heterocycles. The Morgan fingerprint density at radius 1 is 1.28 bits per heavy atom. The van der Waals surface area contributed by atoms with Crippen molar-refractivity contribution in [3.05, 3.63) is 33.5 Å². The smallest absolute Gasteiger partial charge is 0.192 e. The predicted molar refractivity (Wildman–Crippen MR) is 113 cm³/mol. The van der Waals surface area contributed by atoms with E-state index in [9.17, 15) is 0 Å². The van der Waals surface area contributed by atoms with Gasteiger partial charge in [-0.15, -0.1) is 45.5 Å². The molecule has 0 radical (unpaired) electrons. The van der Waals surface area contributed by atoms with E-state index in [1.54, 1.807) is 18.4 Å². The Labute approximate surface area is 170 Å². The highest BCUT2D eigenvalue weighted by Gasteiger charge is 2.05. The van der Waals surface area contributed by atoms with Gasteiger partial charge in [0.2, 0.25) is 0 Å². The molecule has 0 fully saturated rings. The van der Waals surface area contributed by atoms with Crippen LogP contribution in [0.1, 0.15) is 27.8 Å². The second-order valence-electron chi connectivity index (χ2n) is 5.53. The first-order valence-electron chi connectivity index (χ1n) is 8.01. The number of nitrogens with one attached hydrogen (secondary N) is 2. The van der Waals surface area contributed by atoms with Crippen LogP contribution in [0.25, 0.3) is 0 Å². The average molecular weight is 478 g/mol. The third-order valence-electron chi connectivity index (χ3n) is 3.61. The van der Waals surface area contributed by atoms with Crippen molar-refractivity contribution in [2.75, 3.05) is 20.3 Å². The van der Waals surface area contributed by atoms with Crippen molar-refractivity contribution < 1.29 is 4.74 Å². The lowest BCUT2D eigenvalue weighted by Crippen LogP contribution is -2.37. The summed E-state index contributed by atoms with van der Waals surface area (Å²) in [6.45, 7) is 6.82. The number of hydrogen-bond acceptors (Lipinski definition) is 5. The van der Waals surface area contributed by atoms with Gasteiger partial charge in [0.15, 0.2) is 11.8 Å². The van der Waals surface area contributed by atoms with Crippen LogP contribution in [0.15, 0.2) is 17.1 Å². The number of thiophene rings is 1. The van der Waals surface area contributed by atoms with Gasteiger partial charge in [-0.3, -0.25) is 0 Å². The highest BCUT2D eigenvalue weighted by Crippen LogP contribution is 2.14. The van der Waals surface area contributed by atoms with Crippen LogP contribution < -0.4 is 10.6 Å². The zero-order valence-electron chi connectivity index (χ0n) is 15.2. The Morgan fingerprint density at radius 3 is 2.68 bits per heavy atom. The van der Waals surface area contributed by atoms with E-state index in [-0.39, 0.29) is 24.0 Å². The number of hydrogen-bond donors (Lipinski definition) is 2.